The van der Waals surface area contributed by atoms with E-state index in [1.807, 2.05) is 6.20 Å². The molecular weight excluding hydrogens is 330 g/mol. The van der Waals surface area contributed by atoms with Gasteiger partial charge in [-0.15, -0.1) is 0 Å². The van der Waals surface area contributed by atoms with Crippen LogP contribution in [0.4, 0.5) is 0 Å². The molecule has 0 radical (unpaired) electrons. The van der Waals surface area contributed by atoms with Gasteiger partial charge in [-0.1, -0.05) is 6.92 Å². The van der Waals surface area contributed by atoms with Gasteiger partial charge < -0.3 is 9.40 Å². The van der Waals surface area contributed by atoms with E-state index < -0.39 is 0 Å². The number of aryl methyl sites for hydroxylation is 1. The van der Waals surface area contributed by atoms with Crippen LogP contribution >= 0.6 is 0 Å². The molecule has 0 saturated carbocycles. The number of rotatable bonds is 5. The summed E-state index contributed by atoms with van der Waals surface area (Å²) in [6.07, 6.45) is 5.35. The smallest absolute Gasteiger partial charge is 0.256 e. The van der Waals surface area contributed by atoms with Gasteiger partial charge in [0.25, 0.3) is 5.56 Å². The van der Waals surface area contributed by atoms with Crippen LogP contribution in [-0.2, 0) is 26.1 Å². The van der Waals surface area contributed by atoms with Crippen molar-refractivity contribution in [1.29, 1.82) is 0 Å². The lowest BCUT2D eigenvalue weighted by molar-refractivity contribution is 0.241. The zero-order valence-corrected chi connectivity index (χ0v) is 15.2. The topological polar surface area (TPSA) is 80.0 Å². The first-order valence-corrected chi connectivity index (χ1v) is 9.05. The third kappa shape index (κ3) is 3.10. The monoisotopic (exact) mass is 353 g/mol. The van der Waals surface area contributed by atoms with Crippen molar-refractivity contribution in [1.82, 2.24) is 24.6 Å². The minimum Gasteiger partial charge on any atom is -0.461 e. The van der Waals surface area contributed by atoms with E-state index >= 15 is 0 Å². The van der Waals surface area contributed by atoms with Crippen LogP contribution in [0.5, 0.6) is 0 Å². The quantitative estimate of drug-likeness (QED) is 0.762. The van der Waals surface area contributed by atoms with E-state index in [0.29, 0.717) is 18.1 Å². The normalized spacial score (nSPS) is 14.5. The summed E-state index contributed by atoms with van der Waals surface area (Å²) in [5.41, 5.74) is 3.97. The largest absolute Gasteiger partial charge is 0.461 e. The van der Waals surface area contributed by atoms with E-state index in [1.165, 1.54) is 11.3 Å². The third-order valence-electron chi connectivity index (χ3n) is 4.94. The number of hydrogen-bond donors (Lipinski definition) is 1. The summed E-state index contributed by atoms with van der Waals surface area (Å²) >= 11 is 0. The summed E-state index contributed by atoms with van der Waals surface area (Å²) in [5, 5.41) is 4.47. The summed E-state index contributed by atoms with van der Waals surface area (Å²) < 4.78 is 7.40. The van der Waals surface area contributed by atoms with Gasteiger partial charge >= 0.3 is 0 Å². The molecule has 1 N–H and O–H groups in total. The number of fused-ring (bicyclic) bond motifs is 1. The molecule has 1 aliphatic heterocycles. The minimum atomic E-state index is -0.0792. The Bertz CT molecular complexity index is 955. The lowest BCUT2D eigenvalue weighted by Crippen LogP contribution is -2.35. The van der Waals surface area contributed by atoms with E-state index in [1.54, 1.807) is 18.4 Å². The molecule has 0 aromatic carbocycles. The Kier molecular flexibility index (Phi) is 4.46. The van der Waals surface area contributed by atoms with Gasteiger partial charge in [-0.2, -0.15) is 5.10 Å². The molecule has 7 heteroatoms. The van der Waals surface area contributed by atoms with Gasteiger partial charge in [0.1, 0.15) is 0 Å². The highest BCUT2D eigenvalue weighted by atomic mass is 16.3. The molecule has 0 saturated heterocycles. The van der Waals surface area contributed by atoms with Crippen LogP contribution in [-0.4, -0.2) is 31.2 Å². The Labute approximate surface area is 151 Å². The molecule has 0 aliphatic carbocycles. The number of aromatic amines is 1. The van der Waals surface area contributed by atoms with Gasteiger partial charge in [0, 0.05) is 43.9 Å². The zero-order chi connectivity index (χ0) is 18.1. The molecule has 0 fully saturated rings. The van der Waals surface area contributed by atoms with Crippen LogP contribution in [0.2, 0.25) is 0 Å². The number of hydrogen-bond acceptors (Lipinski definition) is 5. The molecule has 136 valence electrons. The lowest BCUT2D eigenvalue weighted by atomic mass is 10.1. The lowest BCUT2D eigenvalue weighted by Gasteiger charge is -2.27. The molecule has 4 rings (SSSR count). The summed E-state index contributed by atoms with van der Waals surface area (Å²) in [4.78, 5) is 22.3. The van der Waals surface area contributed by atoms with Crippen molar-refractivity contribution in [3.8, 4) is 11.6 Å². The predicted molar refractivity (Wildman–Crippen MR) is 97.6 cm³/mol. The molecular formula is C19H23N5O2. The van der Waals surface area contributed by atoms with Gasteiger partial charge in [-0.3, -0.25) is 14.4 Å². The van der Waals surface area contributed by atoms with Crippen molar-refractivity contribution >= 4 is 0 Å². The number of nitrogens with zero attached hydrogens (tertiary/aromatic N) is 4. The molecule has 0 amide bonds. The summed E-state index contributed by atoms with van der Waals surface area (Å²) in [7, 11) is 0. The summed E-state index contributed by atoms with van der Waals surface area (Å²) in [5.74, 6) is 1.09. The molecule has 3 aromatic heterocycles. The van der Waals surface area contributed by atoms with Crippen LogP contribution in [0.1, 0.15) is 35.9 Å². The Morgan fingerprint density at radius 1 is 1.38 bits per heavy atom. The van der Waals surface area contributed by atoms with Gasteiger partial charge in [0.05, 0.1) is 23.7 Å². The highest BCUT2D eigenvalue weighted by Gasteiger charge is 2.23. The zero-order valence-electron chi connectivity index (χ0n) is 15.2. The second-order valence-electron chi connectivity index (χ2n) is 6.76. The van der Waals surface area contributed by atoms with Crippen LogP contribution in [0.15, 0.2) is 33.8 Å². The van der Waals surface area contributed by atoms with E-state index in [2.05, 4.69) is 38.5 Å². The van der Waals surface area contributed by atoms with Crippen molar-refractivity contribution in [2.45, 2.75) is 46.3 Å². The molecule has 0 bridgehead atoms. The number of nitrogens with one attached hydrogen (secondary N) is 1. The minimum absolute atomic E-state index is 0.0792. The fourth-order valence-electron chi connectivity index (χ4n) is 3.46. The average molecular weight is 353 g/mol. The second kappa shape index (κ2) is 6.92. The van der Waals surface area contributed by atoms with Crippen molar-refractivity contribution in [3.05, 3.63) is 57.5 Å². The highest BCUT2D eigenvalue weighted by Crippen LogP contribution is 2.21. The fraction of sp³-hybridized carbons (Fsp3) is 0.421. The van der Waals surface area contributed by atoms with Crippen LogP contribution in [0.25, 0.3) is 11.6 Å². The van der Waals surface area contributed by atoms with E-state index in [-0.39, 0.29) is 5.56 Å². The van der Waals surface area contributed by atoms with Crippen LogP contribution < -0.4 is 5.56 Å². The van der Waals surface area contributed by atoms with Crippen molar-refractivity contribution in [2.24, 2.45) is 0 Å². The van der Waals surface area contributed by atoms with Crippen molar-refractivity contribution in [2.75, 3.05) is 6.54 Å². The number of furan rings is 1. The maximum absolute atomic E-state index is 12.6. The molecule has 3 aromatic rings. The Balaban J connectivity index is 1.54. The Morgan fingerprint density at radius 2 is 2.27 bits per heavy atom. The molecule has 0 atom stereocenters. The first-order chi connectivity index (χ1) is 12.7. The second-order valence-corrected chi connectivity index (χ2v) is 6.76. The molecule has 0 unspecified atom stereocenters. The first-order valence-electron chi connectivity index (χ1n) is 9.05. The summed E-state index contributed by atoms with van der Waals surface area (Å²) in [6, 6.07) is 3.59. The molecule has 7 nitrogen and oxygen atoms in total. The molecule has 26 heavy (non-hydrogen) atoms. The molecule has 4 heterocycles. The highest BCUT2D eigenvalue weighted by molar-refractivity contribution is 5.47. The van der Waals surface area contributed by atoms with E-state index in [9.17, 15) is 4.79 Å². The van der Waals surface area contributed by atoms with Gasteiger partial charge in [0.15, 0.2) is 11.6 Å². The number of aromatic nitrogens is 4. The average Bonchev–Trinajstić information content (AvgIpc) is 3.28. The molecule has 0 spiro atoms. The van der Waals surface area contributed by atoms with Crippen molar-refractivity contribution in [3.63, 3.8) is 0 Å². The van der Waals surface area contributed by atoms with Gasteiger partial charge in [0.2, 0.25) is 0 Å². The summed E-state index contributed by atoms with van der Waals surface area (Å²) in [6.45, 7) is 7.48. The fourth-order valence-corrected chi connectivity index (χ4v) is 3.46. The third-order valence-corrected chi connectivity index (χ3v) is 4.94. The maximum Gasteiger partial charge on any atom is 0.256 e. The van der Waals surface area contributed by atoms with E-state index in [4.69, 9.17) is 4.42 Å². The standard InChI is InChI=1S/C19H23N5O2/c1-3-7-24-13(2)14(10-20-24)11-23-8-6-16-15(12-23)19(25)22-18(21-16)17-5-4-9-26-17/h4-5,9-10H,3,6-8,11-12H2,1-2H3,(H,21,22,25). The van der Waals surface area contributed by atoms with Gasteiger partial charge in [-0.25, -0.2) is 4.98 Å². The first kappa shape index (κ1) is 16.8. The maximum atomic E-state index is 12.6. The molecule has 1 aliphatic rings. The van der Waals surface area contributed by atoms with Gasteiger partial charge in [-0.05, 0) is 25.5 Å². The predicted octanol–water partition coefficient (Wildman–Crippen LogP) is 2.50. The SMILES string of the molecule is CCCn1ncc(CN2CCc3nc(-c4ccco4)[nH]c(=O)c3C2)c1C. The Morgan fingerprint density at radius 3 is 3.04 bits per heavy atom. The van der Waals surface area contributed by atoms with Crippen LogP contribution in [0.3, 0.4) is 0 Å². The van der Waals surface area contributed by atoms with Crippen molar-refractivity contribution < 1.29 is 4.42 Å². The van der Waals surface area contributed by atoms with E-state index in [0.717, 1.165) is 43.7 Å². The van der Waals surface area contributed by atoms with Crippen LogP contribution in [0, 0.1) is 6.92 Å². The number of H-pyrrole nitrogens is 1. The Hall–Kier alpha value is -2.67.